The Morgan fingerprint density at radius 3 is 2.67 bits per heavy atom. The predicted octanol–water partition coefficient (Wildman–Crippen LogP) is 1.06. The number of hydrogen-bond donors (Lipinski definition) is 1. The predicted molar refractivity (Wildman–Crippen MR) is 46.8 cm³/mol. The van der Waals surface area contributed by atoms with Crippen LogP contribution in [0.2, 0.25) is 0 Å². The zero-order chi connectivity index (χ0) is 8.81. The van der Waals surface area contributed by atoms with Crippen molar-refractivity contribution in [2.75, 3.05) is 6.61 Å². The molecule has 2 nitrogen and oxygen atoms in total. The third-order valence-corrected chi connectivity index (χ3v) is 1.34. The summed E-state index contributed by atoms with van der Waals surface area (Å²) in [6.45, 7) is 0.139. The molecule has 0 aliphatic heterocycles. The second-order valence-corrected chi connectivity index (χ2v) is 2.31. The highest BCUT2D eigenvalue weighted by atomic mass is 16.5. The van der Waals surface area contributed by atoms with Gasteiger partial charge in [0.2, 0.25) is 0 Å². The number of para-hydroxylation sites is 1. The minimum Gasteiger partial charge on any atom is -0.490 e. The van der Waals surface area contributed by atoms with Gasteiger partial charge < -0.3 is 9.84 Å². The van der Waals surface area contributed by atoms with Crippen LogP contribution in [0, 0.1) is 12.3 Å². The molecule has 2 heteroatoms. The number of rotatable bonds is 3. The van der Waals surface area contributed by atoms with E-state index in [0.29, 0.717) is 5.75 Å². The topological polar surface area (TPSA) is 29.5 Å². The molecule has 0 saturated carbocycles. The van der Waals surface area contributed by atoms with Gasteiger partial charge in [0.1, 0.15) is 18.5 Å². The maximum absolute atomic E-state index is 8.96. The van der Waals surface area contributed by atoms with Crippen molar-refractivity contribution in [2.24, 2.45) is 0 Å². The normalized spacial score (nSPS) is 11.7. The first-order valence-corrected chi connectivity index (χ1v) is 3.65. The highest BCUT2D eigenvalue weighted by Crippen LogP contribution is 2.07. The highest BCUT2D eigenvalue weighted by Gasteiger charge is 1.98. The van der Waals surface area contributed by atoms with Crippen LogP contribution in [-0.2, 0) is 0 Å². The Bertz CT molecular complexity index is 261. The summed E-state index contributed by atoms with van der Waals surface area (Å²) in [6, 6.07) is 9.23. The maximum Gasteiger partial charge on any atom is 0.148 e. The maximum atomic E-state index is 8.96. The summed E-state index contributed by atoms with van der Waals surface area (Å²) >= 11 is 0. The molecule has 1 atom stereocenters. The summed E-state index contributed by atoms with van der Waals surface area (Å²) in [4.78, 5) is 0. The molecule has 1 rings (SSSR count). The van der Waals surface area contributed by atoms with Crippen molar-refractivity contribution in [3.8, 4) is 18.1 Å². The first-order valence-electron chi connectivity index (χ1n) is 3.65. The van der Waals surface area contributed by atoms with Crippen LogP contribution >= 0.6 is 0 Å². The van der Waals surface area contributed by atoms with Crippen LogP contribution in [0.15, 0.2) is 30.3 Å². The van der Waals surface area contributed by atoms with Gasteiger partial charge in [0.05, 0.1) is 0 Å². The molecule has 0 heterocycles. The summed E-state index contributed by atoms with van der Waals surface area (Å²) in [5.41, 5.74) is 0. The van der Waals surface area contributed by atoms with Gasteiger partial charge in [-0.1, -0.05) is 24.1 Å². The van der Waals surface area contributed by atoms with Crippen LogP contribution in [-0.4, -0.2) is 17.8 Å². The van der Waals surface area contributed by atoms with Crippen LogP contribution in [0.25, 0.3) is 0 Å². The summed E-state index contributed by atoms with van der Waals surface area (Å²) in [5.74, 6) is 2.88. The van der Waals surface area contributed by atoms with E-state index in [4.69, 9.17) is 16.3 Å². The van der Waals surface area contributed by atoms with Gasteiger partial charge in [0, 0.05) is 0 Å². The van der Waals surface area contributed by atoms with Crippen molar-refractivity contribution >= 4 is 0 Å². The van der Waals surface area contributed by atoms with Gasteiger partial charge in [0.15, 0.2) is 0 Å². The first kappa shape index (κ1) is 8.63. The zero-order valence-electron chi connectivity index (χ0n) is 6.60. The Hall–Kier alpha value is -1.46. The summed E-state index contributed by atoms with van der Waals surface area (Å²) in [7, 11) is 0. The van der Waals surface area contributed by atoms with Gasteiger partial charge in [-0.2, -0.15) is 0 Å². The Labute approximate surface area is 71.8 Å². The minimum atomic E-state index is -0.829. The van der Waals surface area contributed by atoms with Gasteiger partial charge in [-0.05, 0) is 12.1 Å². The molecule has 0 fully saturated rings. The molecule has 0 aromatic heterocycles. The third-order valence-electron chi connectivity index (χ3n) is 1.34. The van der Waals surface area contributed by atoms with Gasteiger partial charge in [-0.3, -0.25) is 0 Å². The van der Waals surface area contributed by atoms with Crippen LogP contribution < -0.4 is 4.74 Å². The molecule has 1 aromatic carbocycles. The van der Waals surface area contributed by atoms with Gasteiger partial charge in [-0.15, -0.1) is 6.42 Å². The van der Waals surface area contributed by atoms with Crippen molar-refractivity contribution in [3.05, 3.63) is 30.3 Å². The second-order valence-electron chi connectivity index (χ2n) is 2.31. The van der Waals surface area contributed by atoms with E-state index in [1.807, 2.05) is 30.3 Å². The fraction of sp³-hybridized carbons (Fsp3) is 0.200. The van der Waals surface area contributed by atoms with Gasteiger partial charge >= 0.3 is 0 Å². The molecule has 12 heavy (non-hydrogen) atoms. The molecule has 1 N–H and O–H groups in total. The van der Waals surface area contributed by atoms with Crippen LogP contribution in [0.5, 0.6) is 5.75 Å². The van der Waals surface area contributed by atoms with E-state index in [1.165, 1.54) is 0 Å². The molecule has 0 saturated heterocycles. The lowest BCUT2D eigenvalue weighted by Gasteiger charge is -2.06. The van der Waals surface area contributed by atoms with E-state index >= 15 is 0 Å². The van der Waals surface area contributed by atoms with E-state index < -0.39 is 6.10 Å². The SMILES string of the molecule is C#C[C@@H](O)COc1ccccc1. The molecule has 0 amide bonds. The molecule has 1 aromatic rings. The number of ether oxygens (including phenoxy) is 1. The number of benzene rings is 1. The number of aliphatic hydroxyl groups is 1. The standard InChI is InChI=1S/C10H10O2/c1-2-9(11)8-12-10-6-4-3-5-7-10/h1,3-7,9,11H,8H2/t9-/m1/s1. The lowest BCUT2D eigenvalue weighted by Crippen LogP contribution is -2.14. The van der Waals surface area contributed by atoms with Crippen molar-refractivity contribution < 1.29 is 9.84 Å². The molecule has 0 aliphatic carbocycles. The highest BCUT2D eigenvalue weighted by molar-refractivity contribution is 5.21. The molecule has 0 spiro atoms. The molecule has 62 valence electrons. The lowest BCUT2D eigenvalue weighted by molar-refractivity contribution is 0.151. The summed E-state index contributed by atoms with van der Waals surface area (Å²) in [6.07, 6.45) is 4.13. The van der Waals surface area contributed by atoms with E-state index in [0.717, 1.165) is 0 Å². The monoisotopic (exact) mass is 162 g/mol. The molecular weight excluding hydrogens is 152 g/mol. The molecule has 0 aliphatic rings. The van der Waals surface area contributed by atoms with E-state index in [-0.39, 0.29) is 6.61 Å². The Kier molecular flexibility index (Phi) is 3.18. The Morgan fingerprint density at radius 1 is 1.42 bits per heavy atom. The lowest BCUT2D eigenvalue weighted by atomic mass is 10.3. The van der Waals surface area contributed by atoms with E-state index in [1.54, 1.807) is 0 Å². The summed E-state index contributed by atoms with van der Waals surface area (Å²) in [5, 5.41) is 8.96. The van der Waals surface area contributed by atoms with Crippen molar-refractivity contribution in [2.45, 2.75) is 6.10 Å². The Balaban J connectivity index is 2.40. The smallest absolute Gasteiger partial charge is 0.148 e. The van der Waals surface area contributed by atoms with E-state index in [2.05, 4.69) is 5.92 Å². The second kappa shape index (κ2) is 4.42. The van der Waals surface area contributed by atoms with Crippen LogP contribution in [0.4, 0.5) is 0 Å². The fourth-order valence-electron chi connectivity index (χ4n) is 0.740. The molecular formula is C10H10O2. The number of aliphatic hydroxyl groups excluding tert-OH is 1. The zero-order valence-corrected chi connectivity index (χ0v) is 6.60. The van der Waals surface area contributed by atoms with Crippen LogP contribution in [0.3, 0.4) is 0 Å². The number of hydrogen-bond acceptors (Lipinski definition) is 2. The Morgan fingerprint density at radius 2 is 2.08 bits per heavy atom. The van der Waals surface area contributed by atoms with Crippen molar-refractivity contribution in [1.82, 2.24) is 0 Å². The summed E-state index contributed by atoms with van der Waals surface area (Å²) < 4.78 is 5.17. The molecule has 0 unspecified atom stereocenters. The first-order chi connectivity index (χ1) is 5.83. The van der Waals surface area contributed by atoms with Crippen molar-refractivity contribution in [3.63, 3.8) is 0 Å². The molecule has 0 radical (unpaired) electrons. The third kappa shape index (κ3) is 2.65. The average Bonchev–Trinajstić information content (AvgIpc) is 2.16. The van der Waals surface area contributed by atoms with E-state index in [9.17, 15) is 0 Å². The quantitative estimate of drug-likeness (QED) is 0.673. The number of terminal acetylenes is 1. The van der Waals surface area contributed by atoms with Gasteiger partial charge in [0.25, 0.3) is 0 Å². The van der Waals surface area contributed by atoms with Gasteiger partial charge in [-0.25, -0.2) is 0 Å². The minimum absolute atomic E-state index is 0.139. The average molecular weight is 162 g/mol. The van der Waals surface area contributed by atoms with Crippen LogP contribution in [0.1, 0.15) is 0 Å². The molecule has 0 bridgehead atoms. The largest absolute Gasteiger partial charge is 0.490 e. The van der Waals surface area contributed by atoms with Crippen molar-refractivity contribution in [1.29, 1.82) is 0 Å². The fourth-order valence-corrected chi connectivity index (χ4v) is 0.740.